The molecule has 0 radical (unpaired) electrons. The fourth-order valence-electron chi connectivity index (χ4n) is 2.45. The zero-order valence-electron chi connectivity index (χ0n) is 14.6. The number of carbonyl (C=O) groups is 2. The molecule has 0 aliphatic heterocycles. The Hall–Kier alpha value is -2.56. The number of nitrogens with one attached hydrogen (secondary N) is 2. The van der Waals surface area contributed by atoms with Crippen molar-refractivity contribution < 1.29 is 14.3 Å². The number of hydrazine groups is 1. The SMILES string of the molecule is COc1ccc2cc([C@H](C)C(=O)NNC(=O)CC(C)C)ccc2c1. The Kier molecular flexibility index (Phi) is 5.79. The number of fused-ring (bicyclic) bond motifs is 1. The standard InChI is InChI=1S/C19H24N2O3/c1-12(2)9-18(22)20-21-19(23)13(3)14-5-6-16-11-17(24-4)8-7-15(16)10-14/h5-8,10-13H,9H2,1-4H3,(H,20,22)(H,21,23)/t13-/m0/s1. The van der Waals surface area contributed by atoms with Gasteiger partial charge >= 0.3 is 0 Å². The smallest absolute Gasteiger partial charge is 0.245 e. The van der Waals surface area contributed by atoms with E-state index in [2.05, 4.69) is 10.9 Å². The van der Waals surface area contributed by atoms with Crippen LogP contribution in [0.3, 0.4) is 0 Å². The molecule has 1 atom stereocenters. The summed E-state index contributed by atoms with van der Waals surface area (Å²) in [5.74, 6) is 0.262. The number of ether oxygens (including phenoxy) is 1. The first-order chi connectivity index (χ1) is 11.4. The minimum absolute atomic E-state index is 0.184. The Morgan fingerprint density at radius 2 is 1.67 bits per heavy atom. The van der Waals surface area contributed by atoms with E-state index in [1.165, 1.54) is 0 Å². The van der Waals surface area contributed by atoms with Crippen LogP contribution in [0.2, 0.25) is 0 Å². The van der Waals surface area contributed by atoms with E-state index >= 15 is 0 Å². The molecule has 0 bridgehead atoms. The Balaban J connectivity index is 2.05. The van der Waals surface area contributed by atoms with Gasteiger partial charge in [0.15, 0.2) is 0 Å². The van der Waals surface area contributed by atoms with Crippen molar-refractivity contribution in [2.24, 2.45) is 5.92 Å². The van der Waals surface area contributed by atoms with Gasteiger partial charge in [-0.25, -0.2) is 0 Å². The Labute approximate surface area is 142 Å². The van der Waals surface area contributed by atoms with Crippen LogP contribution in [0.1, 0.15) is 38.7 Å². The number of amides is 2. The van der Waals surface area contributed by atoms with Crippen molar-refractivity contribution in [1.82, 2.24) is 10.9 Å². The summed E-state index contributed by atoms with van der Waals surface area (Å²) in [6.07, 6.45) is 0.381. The van der Waals surface area contributed by atoms with Gasteiger partial charge in [-0.1, -0.05) is 38.1 Å². The van der Waals surface area contributed by atoms with Crippen molar-refractivity contribution in [3.63, 3.8) is 0 Å². The molecule has 0 unspecified atom stereocenters. The Bertz CT molecular complexity index is 740. The van der Waals surface area contributed by atoms with Crippen molar-refractivity contribution in [2.45, 2.75) is 33.1 Å². The minimum Gasteiger partial charge on any atom is -0.497 e. The predicted octanol–water partition coefficient (Wildman–Crippen LogP) is 3.15. The predicted molar refractivity (Wildman–Crippen MR) is 94.7 cm³/mol. The van der Waals surface area contributed by atoms with Crippen LogP contribution < -0.4 is 15.6 Å². The summed E-state index contributed by atoms with van der Waals surface area (Å²) in [7, 11) is 1.63. The number of methoxy groups -OCH3 is 1. The molecule has 2 N–H and O–H groups in total. The second-order valence-corrected chi connectivity index (χ2v) is 6.33. The monoisotopic (exact) mass is 328 g/mol. The van der Waals surface area contributed by atoms with Crippen molar-refractivity contribution in [3.05, 3.63) is 42.0 Å². The molecule has 0 fully saturated rings. The molecule has 2 rings (SSSR count). The zero-order chi connectivity index (χ0) is 17.7. The fraction of sp³-hybridized carbons (Fsp3) is 0.368. The van der Waals surface area contributed by atoms with Crippen LogP contribution in [-0.4, -0.2) is 18.9 Å². The molecule has 2 aromatic carbocycles. The fourth-order valence-corrected chi connectivity index (χ4v) is 2.45. The lowest BCUT2D eigenvalue weighted by atomic mass is 9.97. The second kappa shape index (κ2) is 7.81. The third kappa shape index (κ3) is 4.47. The van der Waals surface area contributed by atoms with E-state index in [-0.39, 0.29) is 23.7 Å². The van der Waals surface area contributed by atoms with E-state index in [1.54, 1.807) is 7.11 Å². The van der Waals surface area contributed by atoms with Crippen molar-refractivity contribution in [1.29, 1.82) is 0 Å². The van der Waals surface area contributed by atoms with Crippen LogP contribution in [-0.2, 0) is 9.59 Å². The summed E-state index contributed by atoms with van der Waals surface area (Å²) in [5, 5.41) is 2.09. The summed E-state index contributed by atoms with van der Waals surface area (Å²) < 4.78 is 5.22. The lowest BCUT2D eigenvalue weighted by Gasteiger charge is -2.14. The molecule has 0 spiro atoms. The van der Waals surface area contributed by atoms with Gasteiger partial charge in [0.1, 0.15) is 5.75 Å². The molecule has 0 aliphatic carbocycles. The van der Waals surface area contributed by atoms with Crippen molar-refractivity contribution in [2.75, 3.05) is 7.11 Å². The van der Waals surface area contributed by atoms with Crippen LogP contribution in [0.5, 0.6) is 5.75 Å². The summed E-state index contributed by atoms with van der Waals surface area (Å²) in [6, 6.07) is 11.7. The number of rotatable bonds is 5. The molecular formula is C19H24N2O3. The van der Waals surface area contributed by atoms with E-state index in [9.17, 15) is 9.59 Å². The third-order valence-electron chi connectivity index (χ3n) is 3.88. The van der Waals surface area contributed by atoms with Gasteiger partial charge in [-0.3, -0.25) is 20.4 Å². The molecule has 128 valence electrons. The van der Waals surface area contributed by atoms with Gasteiger partial charge in [-0.05, 0) is 41.3 Å². The molecule has 24 heavy (non-hydrogen) atoms. The molecule has 2 amide bonds. The highest BCUT2D eigenvalue weighted by Gasteiger charge is 2.16. The Morgan fingerprint density at radius 1 is 1.00 bits per heavy atom. The van der Waals surface area contributed by atoms with Gasteiger partial charge in [0.05, 0.1) is 13.0 Å². The maximum absolute atomic E-state index is 12.2. The average molecular weight is 328 g/mol. The summed E-state index contributed by atoms with van der Waals surface area (Å²) in [4.78, 5) is 23.8. The van der Waals surface area contributed by atoms with E-state index in [1.807, 2.05) is 57.2 Å². The van der Waals surface area contributed by atoms with Gasteiger partial charge in [0.25, 0.3) is 0 Å². The zero-order valence-corrected chi connectivity index (χ0v) is 14.6. The molecular weight excluding hydrogens is 304 g/mol. The molecule has 5 nitrogen and oxygen atoms in total. The van der Waals surface area contributed by atoms with Crippen LogP contribution in [0, 0.1) is 5.92 Å². The van der Waals surface area contributed by atoms with Gasteiger partial charge in [0, 0.05) is 6.42 Å². The van der Waals surface area contributed by atoms with Gasteiger partial charge < -0.3 is 4.74 Å². The van der Waals surface area contributed by atoms with Crippen LogP contribution in [0.25, 0.3) is 10.8 Å². The normalized spacial score (nSPS) is 12.0. The Morgan fingerprint density at radius 3 is 2.33 bits per heavy atom. The van der Waals surface area contributed by atoms with Crippen LogP contribution in [0.4, 0.5) is 0 Å². The van der Waals surface area contributed by atoms with Crippen molar-refractivity contribution >= 4 is 22.6 Å². The quantitative estimate of drug-likeness (QED) is 0.829. The summed E-state index contributed by atoms with van der Waals surface area (Å²) in [5.41, 5.74) is 5.85. The molecule has 0 saturated carbocycles. The number of hydrogen-bond acceptors (Lipinski definition) is 3. The maximum Gasteiger partial charge on any atom is 0.245 e. The molecule has 5 heteroatoms. The number of carbonyl (C=O) groups excluding carboxylic acids is 2. The van der Waals surface area contributed by atoms with Crippen LogP contribution in [0.15, 0.2) is 36.4 Å². The maximum atomic E-state index is 12.2. The highest BCUT2D eigenvalue weighted by atomic mass is 16.5. The van der Waals surface area contributed by atoms with Crippen LogP contribution >= 0.6 is 0 Å². The lowest BCUT2D eigenvalue weighted by molar-refractivity contribution is -0.129. The topological polar surface area (TPSA) is 67.4 Å². The first-order valence-electron chi connectivity index (χ1n) is 8.07. The first-order valence-corrected chi connectivity index (χ1v) is 8.07. The van der Waals surface area contributed by atoms with E-state index < -0.39 is 0 Å². The van der Waals surface area contributed by atoms with E-state index in [0.29, 0.717) is 6.42 Å². The summed E-state index contributed by atoms with van der Waals surface area (Å²) >= 11 is 0. The molecule has 0 aromatic heterocycles. The first kappa shape index (κ1) is 17.8. The van der Waals surface area contributed by atoms with Gasteiger partial charge in [-0.2, -0.15) is 0 Å². The van der Waals surface area contributed by atoms with Gasteiger partial charge in [-0.15, -0.1) is 0 Å². The number of hydrogen-bond donors (Lipinski definition) is 2. The average Bonchev–Trinajstić information content (AvgIpc) is 2.57. The van der Waals surface area contributed by atoms with Crippen molar-refractivity contribution in [3.8, 4) is 5.75 Å². The second-order valence-electron chi connectivity index (χ2n) is 6.33. The van der Waals surface area contributed by atoms with Gasteiger partial charge in [0.2, 0.25) is 11.8 Å². The minimum atomic E-state index is -0.365. The molecule has 0 aliphatic rings. The molecule has 0 saturated heterocycles. The third-order valence-corrected chi connectivity index (χ3v) is 3.88. The van der Waals surface area contributed by atoms with E-state index in [4.69, 9.17) is 4.74 Å². The molecule has 0 heterocycles. The lowest BCUT2D eigenvalue weighted by Crippen LogP contribution is -2.43. The van der Waals surface area contributed by atoms with E-state index in [0.717, 1.165) is 22.1 Å². The number of benzene rings is 2. The summed E-state index contributed by atoms with van der Waals surface area (Å²) in [6.45, 7) is 5.72. The highest BCUT2D eigenvalue weighted by molar-refractivity contribution is 5.89. The highest BCUT2D eigenvalue weighted by Crippen LogP contribution is 2.25. The molecule has 2 aromatic rings. The largest absolute Gasteiger partial charge is 0.497 e.